The maximum atomic E-state index is 9.71. The highest BCUT2D eigenvalue weighted by molar-refractivity contribution is 7.84. The van der Waals surface area contributed by atoms with Crippen molar-refractivity contribution < 1.29 is 10.2 Å². The Labute approximate surface area is 89.5 Å². The summed E-state index contributed by atoms with van der Waals surface area (Å²) in [7, 11) is 1.84. The fourth-order valence-electron chi connectivity index (χ4n) is 1.50. The van der Waals surface area contributed by atoms with Gasteiger partial charge in [-0.2, -0.15) is 0 Å². The van der Waals surface area contributed by atoms with Crippen LogP contribution in [0.25, 0.3) is 0 Å². The fourth-order valence-corrected chi connectivity index (χ4v) is 1.87. The van der Waals surface area contributed by atoms with Gasteiger partial charge in [-0.05, 0) is 13.0 Å². The van der Waals surface area contributed by atoms with Gasteiger partial charge in [-0.3, -0.25) is 0 Å². The molecular weight excluding hydrogens is 198 g/mol. The van der Waals surface area contributed by atoms with E-state index >= 15 is 0 Å². The maximum absolute atomic E-state index is 9.71. The van der Waals surface area contributed by atoms with Gasteiger partial charge in [0.2, 0.25) is 0 Å². The Morgan fingerprint density at radius 2 is 2.21 bits per heavy atom. The molecule has 1 unspecified atom stereocenters. The number of hydrogen-bond acceptors (Lipinski definition) is 4. The molecule has 0 amide bonds. The van der Waals surface area contributed by atoms with Crippen LogP contribution in [0.2, 0.25) is 0 Å². The molecule has 0 saturated heterocycles. The minimum absolute atomic E-state index is 0.134. The molecule has 14 heavy (non-hydrogen) atoms. The van der Waals surface area contributed by atoms with Crippen LogP contribution in [0.15, 0.2) is 34.6 Å². The van der Waals surface area contributed by atoms with E-state index < -0.39 is 0 Å². The summed E-state index contributed by atoms with van der Waals surface area (Å²) >= 11 is 4.18. The van der Waals surface area contributed by atoms with Gasteiger partial charge in [0.15, 0.2) is 0 Å². The average Bonchev–Trinajstić information content (AvgIpc) is 2.20. The molecule has 1 heterocycles. The van der Waals surface area contributed by atoms with Gasteiger partial charge in [0.25, 0.3) is 0 Å². The second-order valence-electron chi connectivity index (χ2n) is 3.25. The zero-order valence-corrected chi connectivity index (χ0v) is 9.25. The van der Waals surface area contributed by atoms with Crippen molar-refractivity contribution in [3.8, 4) is 0 Å². The summed E-state index contributed by atoms with van der Waals surface area (Å²) in [6.45, 7) is 5.39. The van der Waals surface area contributed by atoms with Crippen LogP contribution in [-0.2, 0) is 0 Å². The van der Waals surface area contributed by atoms with E-state index in [0.717, 1.165) is 5.70 Å². The molecule has 1 rings (SSSR count). The molecule has 0 fully saturated rings. The van der Waals surface area contributed by atoms with Gasteiger partial charge in [-0.15, -0.1) is 12.6 Å². The standard InChI is InChI=1S/C10H15NO2S/c1-4-8-7(5-12)10(14)9(13)6(2)11(8)3/h4,6,12-14H,1,5H2,2-3H3. The maximum Gasteiger partial charge on any atom is 0.128 e. The molecule has 0 aliphatic carbocycles. The van der Waals surface area contributed by atoms with Gasteiger partial charge in [-0.25, -0.2) is 0 Å². The van der Waals surface area contributed by atoms with Crippen molar-refractivity contribution in [2.45, 2.75) is 13.0 Å². The van der Waals surface area contributed by atoms with Crippen LogP contribution >= 0.6 is 12.6 Å². The highest BCUT2D eigenvalue weighted by Gasteiger charge is 2.26. The van der Waals surface area contributed by atoms with Crippen molar-refractivity contribution in [1.29, 1.82) is 0 Å². The van der Waals surface area contributed by atoms with Crippen LogP contribution in [0.4, 0.5) is 0 Å². The van der Waals surface area contributed by atoms with Crippen molar-refractivity contribution in [2.75, 3.05) is 13.7 Å². The molecule has 0 radical (unpaired) electrons. The summed E-state index contributed by atoms with van der Waals surface area (Å²) in [6.07, 6.45) is 1.66. The van der Waals surface area contributed by atoms with Crippen LogP contribution in [0.1, 0.15) is 6.92 Å². The summed E-state index contributed by atoms with van der Waals surface area (Å²) in [5.41, 5.74) is 1.42. The highest BCUT2D eigenvalue weighted by Crippen LogP contribution is 2.31. The zero-order valence-electron chi connectivity index (χ0n) is 8.36. The van der Waals surface area contributed by atoms with Crippen LogP contribution in [0.5, 0.6) is 0 Å². The van der Waals surface area contributed by atoms with Crippen LogP contribution in [-0.4, -0.2) is 34.8 Å². The SMILES string of the molecule is C=CC1=C(CO)C(S)=C(O)C(C)N1C. The van der Waals surface area contributed by atoms with Crippen molar-refractivity contribution in [3.63, 3.8) is 0 Å². The lowest BCUT2D eigenvalue weighted by atomic mass is 10.0. The van der Waals surface area contributed by atoms with E-state index in [-0.39, 0.29) is 18.4 Å². The predicted octanol–water partition coefficient (Wildman–Crippen LogP) is 1.45. The Morgan fingerprint density at radius 1 is 1.64 bits per heavy atom. The van der Waals surface area contributed by atoms with Gasteiger partial charge in [0.05, 0.1) is 17.6 Å². The van der Waals surface area contributed by atoms with E-state index in [1.807, 2.05) is 18.9 Å². The molecule has 0 aromatic heterocycles. The van der Waals surface area contributed by atoms with Gasteiger partial charge in [0, 0.05) is 18.3 Å². The molecule has 1 atom stereocenters. The molecule has 0 spiro atoms. The minimum Gasteiger partial charge on any atom is -0.509 e. The molecule has 0 bridgehead atoms. The number of thiol groups is 1. The Bertz CT molecular complexity index is 320. The first kappa shape index (κ1) is 11.2. The van der Waals surface area contributed by atoms with Crippen molar-refractivity contribution in [2.24, 2.45) is 0 Å². The third-order valence-electron chi connectivity index (χ3n) is 2.55. The largest absolute Gasteiger partial charge is 0.509 e. The first-order chi connectivity index (χ1) is 6.54. The first-order valence-electron chi connectivity index (χ1n) is 4.36. The number of aliphatic hydroxyl groups excluding tert-OH is 2. The van der Waals surface area contributed by atoms with Gasteiger partial charge < -0.3 is 15.1 Å². The van der Waals surface area contributed by atoms with Crippen molar-refractivity contribution >= 4 is 12.6 Å². The van der Waals surface area contributed by atoms with E-state index in [0.29, 0.717) is 10.5 Å². The number of hydrogen-bond donors (Lipinski definition) is 3. The number of aliphatic hydroxyl groups is 2. The van der Waals surface area contributed by atoms with E-state index in [9.17, 15) is 5.11 Å². The molecule has 0 saturated carbocycles. The third-order valence-corrected chi connectivity index (χ3v) is 3.04. The summed E-state index contributed by atoms with van der Waals surface area (Å²) in [6, 6.07) is -0.134. The predicted molar refractivity (Wildman–Crippen MR) is 60.2 cm³/mol. The molecule has 3 nitrogen and oxygen atoms in total. The second kappa shape index (κ2) is 4.11. The first-order valence-corrected chi connectivity index (χ1v) is 4.81. The molecule has 1 aliphatic heterocycles. The Morgan fingerprint density at radius 3 is 2.64 bits per heavy atom. The lowest BCUT2D eigenvalue weighted by Gasteiger charge is -2.34. The number of allylic oxidation sites excluding steroid dienone is 1. The smallest absolute Gasteiger partial charge is 0.128 e. The molecular formula is C10H15NO2S. The van der Waals surface area contributed by atoms with Crippen LogP contribution < -0.4 is 0 Å². The van der Waals surface area contributed by atoms with E-state index in [2.05, 4.69) is 19.2 Å². The molecule has 78 valence electrons. The van der Waals surface area contributed by atoms with E-state index in [1.54, 1.807) is 6.08 Å². The van der Waals surface area contributed by atoms with Gasteiger partial charge in [0.1, 0.15) is 5.76 Å². The Hall–Kier alpha value is -0.870. The number of nitrogens with zero attached hydrogens (tertiary/aromatic N) is 1. The summed E-state index contributed by atoms with van der Waals surface area (Å²) in [5, 5.41) is 18.9. The van der Waals surface area contributed by atoms with Crippen molar-refractivity contribution in [3.05, 3.63) is 34.6 Å². The monoisotopic (exact) mass is 213 g/mol. The highest BCUT2D eigenvalue weighted by atomic mass is 32.1. The Balaban J connectivity index is 3.30. The van der Waals surface area contributed by atoms with Crippen molar-refractivity contribution in [1.82, 2.24) is 4.90 Å². The van der Waals surface area contributed by atoms with Gasteiger partial charge >= 0.3 is 0 Å². The topological polar surface area (TPSA) is 43.7 Å². The average molecular weight is 213 g/mol. The molecule has 1 aliphatic rings. The Kier molecular flexibility index (Phi) is 3.29. The molecule has 4 heteroatoms. The molecule has 0 aromatic rings. The normalized spacial score (nSPS) is 23.1. The number of rotatable bonds is 2. The van der Waals surface area contributed by atoms with E-state index in [4.69, 9.17) is 5.11 Å². The number of likely N-dealkylation sites (N-methyl/N-ethyl adjacent to an activating group) is 1. The summed E-state index contributed by atoms with van der Waals surface area (Å²) in [4.78, 5) is 2.31. The molecule has 2 N–H and O–H groups in total. The minimum atomic E-state index is -0.151. The fraction of sp³-hybridized carbons (Fsp3) is 0.400. The quantitative estimate of drug-likeness (QED) is 0.608. The summed E-state index contributed by atoms with van der Waals surface area (Å²) < 4.78 is 0. The third kappa shape index (κ3) is 1.55. The lowest BCUT2D eigenvalue weighted by Crippen LogP contribution is -2.34. The molecule has 0 aromatic carbocycles. The lowest BCUT2D eigenvalue weighted by molar-refractivity contribution is 0.247. The summed E-state index contributed by atoms with van der Waals surface area (Å²) in [5.74, 6) is 0.186. The second-order valence-corrected chi connectivity index (χ2v) is 3.69. The van der Waals surface area contributed by atoms with Crippen LogP contribution in [0, 0.1) is 0 Å². The van der Waals surface area contributed by atoms with Crippen LogP contribution in [0.3, 0.4) is 0 Å². The zero-order chi connectivity index (χ0) is 10.9. The van der Waals surface area contributed by atoms with Gasteiger partial charge in [-0.1, -0.05) is 6.58 Å². The van der Waals surface area contributed by atoms with E-state index in [1.165, 1.54) is 0 Å².